The zero-order valence-electron chi connectivity index (χ0n) is 16.6. The van der Waals surface area contributed by atoms with E-state index < -0.39 is 37.4 Å². The number of benzene rings is 2. The Balaban J connectivity index is 2.30. The second-order valence-corrected chi connectivity index (χ2v) is 11.0. The number of nitro groups is 1. The standard InChI is InChI=1S/C17H19ClN4O7S2/c1-20(2)31(28,29)14-7-4-12(5-8-14)21(30(3,26)27)11-17(23)19-16-10-13(22(24)25)6-9-15(16)18/h4-10H,11H2,1-3H3,(H,19,23). The van der Waals surface area contributed by atoms with E-state index in [1.54, 1.807) is 0 Å². The Morgan fingerprint density at radius 2 is 1.68 bits per heavy atom. The molecule has 0 unspecified atom stereocenters. The Morgan fingerprint density at radius 1 is 1.10 bits per heavy atom. The monoisotopic (exact) mass is 490 g/mol. The van der Waals surface area contributed by atoms with Gasteiger partial charge in [-0.1, -0.05) is 11.6 Å². The van der Waals surface area contributed by atoms with Gasteiger partial charge in [0.1, 0.15) is 6.54 Å². The largest absolute Gasteiger partial charge is 0.323 e. The third-order valence-electron chi connectivity index (χ3n) is 4.03. The van der Waals surface area contributed by atoms with Crippen molar-refractivity contribution >= 4 is 54.6 Å². The Bertz CT molecular complexity index is 1210. The van der Waals surface area contributed by atoms with E-state index in [0.717, 1.165) is 27.0 Å². The molecule has 168 valence electrons. The highest BCUT2D eigenvalue weighted by Crippen LogP contribution is 2.27. The zero-order valence-corrected chi connectivity index (χ0v) is 19.0. The zero-order chi connectivity index (χ0) is 23.6. The molecule has 0 radical (unpaired) electrons. The number of carbonyl (C=O) groups excluding carboxylic acids is 1. The summed E-state index contributed by atoms with van der Waals surface area (Å²) >= 11 is 5.94. The summed E-state index contributed by atoms with van der Waals surface area (Å²) in [6.07, 6.45) is 0.880. The summed E-state index contributed by atoms with van der Waals surface area (Å²) in [5, 5.41) is 13.3. The summed E-state index contributed by atoms with van der Waals surface area (Å²) in [6.45, 7) is -0.669. The Kier molecular flexibility index (Phi) is 7.26. The Hall–Kier alpha value is -2.74. The fraction of sp³-hybridized carbons (Fsp3) is 0.235. The first kappa shape index (κ1) is 24.5. The summed E-state index contributed by atoms with van der Waals surface area (Å²) in [5.41, 5.74) is -0.306. The van der Waals surface area contributed by atoms with E-state index in [1.807, 2.05) is 0 Å². The first-order chi connectivity index (χ1) is 14.2. The fourth-order valence-electron chi connectivity index (χ4n) is 2.44. The van der Waals surface area contributed by atoms with Crippen LogP contribution in [0.2, 0.25) is 5.02 Å². The van der Waals surface area contributed by atoms with Crippen LogP contribution in [-0.2, 0) is 24.8 Å². The van der Waals surface area contributed by atoms with Gasteiger partial charge >= 0.3 is 0 Å². The predicted molar refractivity (Wildman–Crippen MR) is 116 cm³/mol. The lowest BCUT2D eigenvalue weighted by Gasteiger charge is -2.22. The molecular formula is C17H19ClN4O7S2. The van der Waals surface area contributed by atoms with Crippen molar-refractivity contribution in [2.45, 2.75) is 4.90 Å². The van der Waals surface area contributed by atoms with Crippen molar-refractivity contribution < 1.29 is 26.6 Å². The van der Waals surface area contributed by atoms with Gasteiger partial charge in [-0.05, 0) is 30.3 Å². The van der Waals surface area contributed by atoms with Crippen LogP contribution in [0.5, 0.6) is 0 Å². The number of hydrogen-bond donors (Lipinski definition) is 1. The lowest BCUT2D eigenvalue weighted by atomic mass is 10.2. The third-order valence-corrected chi connectivity index (χ3v) is 7.33. The quantitative estimate of drug-likeness (QED) is 0.439. The first-order valence-corrected chi connectivity index (χ1v) is 12.1. The van der Waals surface area contributed by atoms with Crippen molar-refractivity contribution in [3.8, 4) is 0 Å². The van der Waals surface area contributed by atoms with Gasteiger partial charge in [-0.15, -0.1) is 0 Å². The van der Waals surface area contributed by atoms with E-state index in [-0.39, 0.29) is 27.0 Å². The number of amides is 1. The van der Waals surface area contributed by atoms with Crippen molar-refractivity contribution in [3.05, 3.63) is 57.6 Å². The molecule has 0 aromatic heterocycles. The molecule has 14 heteroatoms. The number of nitrogens with zero attached hydrogens (tertiary/aromatic N) is 3. The molecule has 0 bridgehead atoms. The molecule has 0 fully saturated rings. The highest BCUT2D eigenvalue weighted by molar-refractivity contribution is 7.92. The molecule has 0 spiro atoms. The minimum Gasteiger partial charge on any atom is -0.323 e. The van der Waals surface area contributed by atoms with Crippen molar-refractivity contribution in [2.24, 2.45) is 0 Å². The minimum absolute atomic E-state index is 0.0306. The summed E-state index contributed by atoms with van der Waals surface area (Å²) in [7, 11) is -4.94. The number of nitro benzene ring substituents is 1. The van der Waals surface area contributed by atoms with Gasteiger partial charge in [0.15, 0.2) is 0 Å². The van der Waals surface area contributed by atoms with Gasteiger partial charge in [0.05, 0.1) is 32.5 Å². The molecule has 11 nitrogen and oxygen atoms in total. The maximum Gasteiger partial charge on any atom is 0.271 e. The van der Waals surface area contributed by atoms with Crippen molar-refractivity contribution in [1.82, 2.24) is 4.31 Å². The van der Waals surface area contributed by atoms with Crippen LogP contribution in [0.3, 0.4) is 0 Å². The number of rotatable bonds is 8. The van der Waals surface area contributed by atoms with Gasteiger partial charge in [0, 0.05) is 26.2 Å². The third kappa shape index (κ3) is 5.91. The number of sulfonamides is 2. The highest BCUT2D eigenvalue weighted by Gasteiger charge is 2.23. The van der Waals surface area contributed by atoms with E-state index in [4.69, 9.17) is 11.6 Å². The smallest absolute Gasteiger partial charge is 0.271 e. The highest BCUT2D eigenvalue weighted by atomic mass is 35.5. The number of carbonyl (C=O) groups is 1. The Labute approximate surface area is 184 Å². The molecule has 0 saturated carbocycles. The van der Waals surface area contributed by atoms with Gasteiger partial charge in [0.25, 0.3) is 5.69 Å². The van der Waals surface area contributed by atoms with Crippen LogP contribution in [0.15, 0.2) is 47.4 Å². The fourth-order valence-corrected chi connectivity index (χ4v) is 4.36. The lowest BCUT2D eigenvalue weighted by Crippen LogP contribution is -2.37. The number of non-ortho nitro benzene ring substituents is 1. The van der Waals surface area contributed by atoms with Crippen LogP contribution in [0, 0.1) is 10.1 Å². The van der Waals surface area contributed by atoms with Gasteiger partial charge in [-0.2, -0.15) is 0 Å². The van der Waals surface area contributed by atoms with Gasteiger partial charge in [-0.3, -0.25) is 19.2 Å². The van der Waals surface area contributed by atoms with E-state index in [0.29, 0.717) is 0 Å². The molecule has 2 aromatic carbocycles. The molecule has 0 aliphatic heterocycles. The van der Waals surface area contributed by atoms with Crippen LogP contribution < -0.4 is 9.62 Å². The molecule has 0 aliphatic carbocycles. The van der Waals surface area contributed by atoms with E-state index in [9.17, 15) is 31.7 Å². The number of nitrogens with one attached hydrogen (secondary N) is 1. The van der Waals surface area contributed by atoms with Gasteiger partial charge in [0.2, 0.25) is 26.0 Å². The summed E-state index contributed by atoms with van der Waals surface area (Å²) < 4.78 is 50.6. The summed E-state index contributed by atoms with van der Waals surface area (Å²) in [4.78, 5) is 22.6. The molecule has 31 heavy (non-hydrogen) atoms. The molecule has 2 rings (SSSR count). The average Bonchev–Trinajstić information content (AvgIpc) is 2.66. The van der Waals surface area contributed by atoms with Gasteiger partial charge in [-0.25, -0.2) is 21.1 Å². The maximum atomic E-state index is 12.4. The van der Waals surface area contributed by atoms with Gasteiger partial charge < -0.3 is 5.32 Å². The van der Waals surface area contributed by atoms with Crippen molar-refractivity contribution in [2.75, 3.05) is 36.5 Å². The second-order valence-electron chi connectivity index (χ2n) is 6.52. The molecule has 1 amide bonds. The topological polar surface area (TPSA) is 147 Å². The second kappa shape index (κ2) is 9.18. The maximum absolute atomic E-state index is 12.4. The summed E-state index contributed by atoms with van der Waals surface area (Å²) in [6, 6.07) is 8.38. The van der Waals surface area contributed by atoms with Crippen molar-refractivity contribution in [1.29, 1.82) is 0 Å². The normalized spacial score (nSPS) is 11.9. The number of halogens is 1. The van der Waals surface area contributed by atoms with Crippen LogP contribution in [0.25, 0.3) is 0 Å². The summed E-state index contributed by atoms with van der Waals surface area (Å²) in [5.74, 6) is -0.808. The Morgan fingerprint density at radius 3 is 2.16 bits per heavy atom. The SMILES string of the molecule is CN(C)S(=O)(=O)c1ccc(N(CC(=O)Nc2cc([N+](=O)[O-])ccc2Cl)S(C)(=O)=O)cc1. The predicted octanol–water partition coefficient (Wildman–Crippen LogP) is 1.90. The molecular weight excluding hydrogens is 472 g/mol. The van der Waals surface area contributed by atoms with E-state index in [2.05, 4.69) is 5.32 Å². The van der Waals surface area contributed by atoms with Crippen LogP contribution >= 0.6 is 11.6 Å². The van der Waals surface area contributed by atoms with Crippen LogP contribution in [-0.4, -0.2) is 58.9 Å². The van der Waals surface area contributed by atoms with E-state index >= 15 is 0 Å². The first-order valence-electron chi connectivity index (χ1n) is 8.47. The lowest BCUT2D eigenvalue weighted by molar-refractivity contribution is -0.384. The van der Waals surface area contributed by atoms with Crippen LogP contribution in [0.1, 0.15) is 0 Å². The number of hydrogen-bond acceptors (Lipinski definition) is 7. The van der Waals surface area contributed by atoms with Crippen LogP contribution in [0.4, 0.5) is 17.1 Å². The minimum atomic E-state index is -3.93. The van der Waals surface area contributed by atoms with Crippen molar-refractivity contribution in [3.63, 3.8) is 0 Å². The van der Waals surface area contributed by atoms with E-state index in [1.165, 1.54) is 44.4 Å². The molecule has 2 aromatic rings. The number of anilines is 2. The molecule has 0 saturated heterocycles. The molecule has 0 atom stereocenters. The molecule has 0 aliphatic rings. The molecule has 0 heterocycles. The molecule has 1 N–H and O–H groups in total. The average molecular weight is 491 g/mol.